The second-order valence-electron chi connectivity index (χ2n) is 4.98. The largest absolute Gasteiger partial charge is 0.477 e. The van der Waals surface area contributed by atoms with Gasteiger partial charge in [-0.15, -0.1) is 11.3 Å². The monoisotopic (exact) mass is 354 g/mol. The van der Waals surface area contributed by atoms with Crippen molar-refractivity contribution in [2.75, 3.05) is 5.01 Å². The van der Waals surface area contributed by atoms with E-state index in [1.54, 1.807) is 34.5 Å². The number of rotatable bonds is 3. The van der Waals surface area contributed by atoms with E-state index in [1.165, 1.54) is 0 Å². The summed E-state index contributed by atoms with van der Waals surface area (Å²) in [5.41, 5.74) is 0.775. The molecule has 2 unspecified atom stereocenters. The lowest BCUT2D eigenvalue weighted by atomic mass is 9.96. The molecule has 1 aromatic heterocycles. The van der Waals surface area contributed by atoms with Gasteiger partial charge in [0.2, 0.25) is 0 Å². The van der Waals surface area contributed by atoms with Crippen LogP contribution in [0.5, 0.6) is 0 Å². The van der Waals surface area contributed by atoms with Gasteiger partial charge in [-0.2, -0.15) is 5.10 Å². The Hall–Kier alpha value is -1.56. The van der Waals surface area contributed by atoms with Crippen molar-refractivity contribution in [2.24, 2.45) is 11.0 Å². The Bertz CT molecular complexity index is 746. The normalized spacial score (nSPS) is 21.0. The molecule has 0 amide bonds. The van der Waals surface area contributed by atoms with E-state index in [1.807, 2.05) is 24.4 Å². The lowest BCUT2D eigenvalue weighted by Gasteiger charge is -2.26. The summed E-state index contributed by atoms with van der Waals surface area (Å²) in [4.78, 5) is 12.5. The number of nitrogens with zero attached hydrogens (tertiary/aromatic N) is 2. The average molecular weight is 355 g/mol. The summed E-state index contributed by atoms with van der Waals surface area (Å²) in [6.45, 7) is 1.86. The number of aliphatic carboxylic acids is 1. The van der Waals surface area contributed by atoms with Crippen LogP contribution in [-0.4, -0.2) is 16.8 Å². The molecule has 1 aliphatic rings. The lowest BCUT2D eigenvalue weighted by molar-refractivity contribution is -0.129. The molecule has 114 valence electrons. The van der Waals surface area contributed by atoms with Gasteiger partial charge < -0.3 is 5.11 Å². The summed E-state index contributed by atoms with van der Waals surface area (Å²) in [6, 6.07) is 8.82. The highest BCUT2D eigenvalue weighted by Crippen LogP contribution is 2.43. The predicted octanol–water partition coefficient (Wildman–Crippen LogP) is 4.69. The van der Waals surface area contributed by atoms with E-state index in [-0.39, 0.29) is 17.7 Å². The van der Waals surface area contributed by atoms with Gasteiger partial charge in [-0.1, -0.05) is 36.2 Å². The van der Waals surface area contributed by atoms with Crippen molar-refractivity contribution < 1.29 is 9.90 Å². The van der Waals surface area contributed by atoms with Gasteiger partial charge in [0.15, 0.2) is 5.71 Å². The molecule has 0 saturated heterocycles. The van der Waals surface area contributed by atoms with E-state index < -0.39 is 5.97 Å². The highest BCUT2D eigenvalue weighted by Gasteiger charge is 2.40. The summed E-state index contributed by atoms with van der Waals surface area (Å²) < 4.78 is 0. The number of thiophene rings is 1. The molecule has 0 spiro atoms. The Balaban J connectivity index is 2.10. The van der Waals surface area contributed by atoms with Gasteiger partial charge in [-0.05, 0) is 29.6 Å². The molecule has 2 atom stereocenters. The zero-order chi connectivity index (χ0) is 15.9. The minimum atomic E-state index is -1.01. The molecular formula is C15H12Cl2N2O2S. The van der Waals surface area contributed by atoms with Crippen molar-refractivity contribution >= 4 is 51.9 Å². The van der Waals surface area contributed by atoms with Crippen molar-refractivity contribution in [3.8, 4) is 0 Å². The van der Waals surface area contributed by atoms with Gasteiger partial charge in [-0.3, -0.25) is 5.01 Å². The first-order valence-corrected chi connectivity index (χ1v) is 8.22. The van der Waals surface area contributed by atoms with Crippen LogP contribution in [0.25, 0.3) is 0 Å². The zero-order valence-electron chi connectivity index (χ0n) is 11.5. The van der Waals surface area contributed by atoms with Gasteiger partial charge in [0, 0.05) is 15.8 Å². The highest BCUT2D eigenvalue weighted by molar-refractivity contribution is 7.10. The fraction of sp³-hybridized carbons (Fsp3) is 0.200. The maximum atomic E-state index is 11.4. The van der Waals surface area contributed by atoms with Gasteiger partial charge in [0.25, 0.3) is 0 Å². The Kier molecular flexibility index (Phi) is 4.12. The summed E-state index contributed by atoms with van der Waals surface area (Å²) in [5.74, 6) is -1.26. The molecule has 0 bridgehead atoms. The molecule has 0 fully saturated rings. The first-order valence-electron chi connectivity index (χ1n) is 6.58. The average Bonchev–Trinajstić information content (AvgIpc) is 3.06. The maximum Gasteiger partial charge on any atom is 0.352 e. The predicted molar refractivity (Wildman–Crippen MR) is 90.2 cm³/mol. The van der Waals surface area contributed by atoms with Gasteiger partial charge >= 0.3 is 5.97 Å². The minimum Gasteiger partial charge on any atom is -0.477 e. The van der Waals surface area contributed by atoms with Crippen LogP contribution in [0.2, 0.25) is 10.0 Å². The molecular weight excluding hydrogens is 343 g/mol. The van der Waals surface area contributed by atoms with E-state index in [2.05, 4.69) is 5.10 Å². The molecule has 3 rings (SSSR count). The summed E-state index contributed by atoms with van der Waals surface area (Å²) in [5, 5.41) is 18.3. The summed E-state index contributed by atoms with van der Waals surface area (Å²) in [6.07, 6.45) is 0. The molecule has 1 aromatic carbocycles. The topological polar surface area (TPSA) is 52.9 Å². The standard InChI is InChI=1S/C15H12Cl2N2O2S/c1-8-13(15(20)21)18-19(14(8)12-3-2-6-22-12)11-5-4-9(16)7-10(11)17/h2-8,14H,1H3,(H,20,21). The highest BCUT2D eigenvalue weighted by atomic mass is 35.5. The molecule has 0 radical (unpaired) electrons. The molecule has 7 heteroatoms. The van der Waals surface area contributed by atoms with Crippen LogP contribution in [0.15, 0.2) is 40.8 Å². The molecule has 1 aliphatic heterocycles. The van der Waals surface area contributed by atoms with Crippen molar-refractivity contribution in [1.82, 2.24) is 0 Å². The van der Waals surface area contributed by atoms with E-state index in [0.29, 0.717) is 15.7 Å². The number of carboxylic acid groups (broad SMARTS) is 1. The SMILES string of the molecule is CC1C(C(=O)O)=NN(c2ccc(Cl)cc2Cl)C1c1cccs1. The fourth-order valence-corrected chi connectivity index (χ4v) is 3.98. The van der Waals surface area contributed by atoms with Crippen LogP contribution in [-0.2, 0) is 4.79 Å². The van der Waals surface area contributed by atoms with Crippen molar-refractivity contribution in [3.63, 3.8) is 0 Å². The molecule has 0 saturated carbocycles. The second-order valence-corrected chi connectivity index (χ2v) is 6.80. The second kappa shape index (κ2) is 5.91. The van der Waals surface area contributed by atoms with Crippen LogP contribution in [0.1, 0.15) is 17.8 Å². The van der Waals surface area contributed by atoms with E-state index in [4.69, 9.17) is 23.2 Å². The number of hydrazone groups is 1. The van der Waals surface area contributed by atoms with E-state index in [9.17, 15) is 9.90 Å². The first kappa shape index (κ1) is 15.3. The third-order valence-electron chi connectivity index (χ3n) is 3.59. The molecule has 2 aromatic rings. The van der Waals surface area contributed by atoms with Crippen molar-refractivity contribution in [2.45, 2.75) is 13.0 Å². The number of carboxylic acids is 1. The smallest absolute Gasteiger partial charge is 0.352 e. The van der Waals surface area contributed by atoms with Gasteiger partial charge in [0.05, 0.1) is 16.8 Å². The third kappa shape index (κ3) is 2.60. The number of halogens is 2. The van der Waals surface area contributed by atoms with Crippen LogP contribution < -0.4 is 5.01 Å². The van der Waals surface area contributed by atoms with Crippen LogP contribution >= 0.6 is 34.5 Å². The van der Waals surface area contributed by atoms with E-state index in [0.717, 1.165) is 4.88 Å². The lowest BCUT2D eigenvalue weighted by Crippen LogP contribution is -2.25. The first-order chi connectivity index (χ1) is 10.5. The van der Waals surface area contributed by atoms with E-state index >= 15 is 0 Å². The molecule has 4 nitrogen and oxygen atoms in total. The zero-order valence-corrected chi connectivity index (χ0v) is 13.9. The Morgan fingerprint density at radius 3 is 2.73 bits per heavy atom. The number of benzene rings is 1. The molecule has 22 heavy (non-hydrogen) atoms. The molecule has 0 aliphatic carbocycles. The van der Waals surface area contributed by atoms with Crippen molar-refractivity contribution in [3.05, 3.63) is 50.6 Å². The third-order valence-corrected chi connectivity index (χ3v) is 5.08. The molecule has 2 heterocycles. The Morgan fingerprint density at radius 1 is 1.36 bits per heavy atom. The van der Waals surface area contributed by atoms with Gasteiger partial charge in [0.1, 0.15) is 0 Å². The minimum absolute atomic E-state index is 0.129. The summed E-state index contributed by atoms with van der Waals surface area (Å²) >= 11 is 13.8. The van der Waals surface area contributed by atoms with Crippen LogP contribution in [0, 0.1) is 5.92 Å². The number of carbonyl (C=O) groups is 1. The maximum absolute atomic E-state index is 11.4. The van der Waals surface area contributed by atoms with Crippen LogP contribution in [0.3, 0.4) is 0 Å². The Labute approximate surface area is 141 Å². The Morgan fingerprint density at radius 2 is 2.14 bits per heavy atom. The summed E-state index contributed by atoms with van der Waals surface area (Å²) in [7, 11) is 0. The van der Waals surface area contributed by atoms with Crippen LogP contribution in [0.4, 0.5) is 5.69 Å². The number of hydrogen-bond donors (Lipinski definition) is 1. The number of anilines is 1. The fourth-order valence-electron chi connectivity index (χ4n) is 2.57. The van der Waals surface area contributed by atoms with Gasteiger partial charge in [-0.25, -0.2) is 4.79 Å². The number of hydrogen-bond acceptors (Lipinski definition) is 4. The van der Waals surface area contributed by atoms with Crippen molar-refractivity contribution in [1.29, 1.82) is 0 Å². The quantitative estimate of drug-likeness (QED) is 0.869. The molecule has 1 N–H and O–H groups in total.